The van der Waals surface area contributed by atoms with Gasteiger partial charge in [0.2, 0.25) is 0 Å². The van der Waals surface area contributed by atoms with E-state index in [0.29, 0.717) is 22.8 Å². The normalized spacial score (nSPS) is 10.4. The number of ether oxygens (including phenoxy) is 3. The lowest BCUT2D eigenvalue weighted by Crippen LogP contribution is -2.24. The maximum Gasteiger partial charge on any atom is 0.344 e. The number of benzene rings is 3. The maximum absolute atomic E-state index is 12.6. The lowest BCUT2D eigenvalue weighted by molar-refractivity contribution is -0.149. The van der Waals surface area contributed by atoms with Gasteiger partial charge in [-0.25, -0.2) is 9.48 Å². The number of carbonyl (C=O) groups excluding carboxylic acids is 3. The van der Waals surface area contributed by atoms with Gasteiger partial charge in [-0.2, -0.15) is 5.10 Å². The van der Waals surface area contributed by atoms with Crippen molar-refractivity contribution in [2.75, 3.05) is 25.6 Å². The van der Waals surface area contributed by atoms with Crippen LogP contribution in [0.5, 0.6) is 11.5 Å². The first-order chi connectivity index (χ1) is 17.9. The van der Waals surface area contributed by atoms with E-state index >= 15 is 0 Å². The Morgan fingerprint density at radius 2 is 1.57 bits per heavy atom. The fourth-order valence-electron chi connectivity index (χ4n) is 3.50. The van der Waals surface area contributed by atoms with Crippen LogP contribution in [0.3, 0.4) is 0 Å². The van der Waals surface area contributed by atoms with E-state index < -0.39 is 25.1 Å². The maximum atomic E-state index is 12.6. The van der Waals surface area contributed by atoms with Crippen LogP contribution in [0.1, 0.15) is 17.3 Å². The molecule has 1 amide bonds. The van der Waals surface area contributed by atoms with Crippen LogP contribution < -0.4 is 14.8 Å². The van der Waals surface area contributed by atoms with Crippen molar-refractivity contribution >= 4 is 23.5 Å². The number of ketones is 1. The van der Waals surface area contributed by atoms with E-state index in [9.17, 15) is 14.4 Å². The Labute approximate surface area is 213 Å². The Kier molecular flexibility index (Phi) is 7.95. The number of methoxy groups -OCH3 is 1. The van der Waals surface area contributed by atoms with Gasteiger partial charge >= 0.3 is 5.97 Å². The average molecular weight is 500 g/mol. The van der Waals surface area contributed by atoms with Gasteiger partial charge in [0.25, 0.3) is 5.91 Å². The van der Waals surface area contributed by atoms with Crippen LogP contribution >= 0.6 is 0 Å². The number of anilines is 1. The summed E-state index contributed by atoms with van der Waals surface area (Å²) in [6.07, 6.45) is 0. The van der Waals surface area contributed by atoms with E-state index in [4.69, 9.17) is 14.2 Å². The van der Waals surface area contributed by atoms with E-state index in [1.165, 1.54) is 26.2 Å². The molecule has 0 radical (unpaired) electrons. The highest BCUT2D eigenvalue weighted by Gasteiger charge is 2.16. The van der Waals surface area contributed by atoms with Gasteiger partial charge in [-0.05, 0) is 37.3 Å². The minimum Gasteiger partial charge on any atom is -0.493 e. The lowest BCUT2D eigenvalue weighted by atomic mass is 10.1. The first-order valence-corrected chi connectivity index (χ1v) is 11.4. The van der Waals surface area contributed by atoms with Crippen molar-refractivity contribution in [2.24, 2.45) is 0 Å². The Balaban J connectivity index is 1.38. The fraction of sp³-hybridized carbons (Fsp3) is 0.143. The molecular weight excluding hydrogens is 474 g/mol. The molecule has 0 fully saturated rings. The standard InChI is InChI=1S/C28H25N3O6/c1-19(32)21-13-14-24(25(15-21)35-2)36-18-28(34)37-17-27(33)29-26-16-23(20-9-5-3-6-10-20)30-31(26)22-11-7-4-8-12-22/h3-16H,17-18H2,1-2H3,(H,29,33). The second-order valence-corrected chi connectivity index (χ2v) is 7.95. The van der Waals surface area contributed by atoms with Crippen molar-refractivity contribution in [1.82, 2.24) is 9.78 Å². The monoisotopic (exact) mass is 499 g/mol. The number of esters is 1. The molecule has 0 aliphatic heterocycles. The minimum absolute atomic E-state index is 0.125. The van der Waals surface area contributed by atoms with Gasteiger partial charge in [-0.15, -0.1) is 0 Å². The highest BCUT2D eigenvalue weighted by molar-refractivity contribution is 5.95. The third-order valence-electron chi connectivity index (χ3n) is 5.33. The molecule has 188 valence electrons. The molecule has 9 heteroatoms. The molecule has 4 aromatic rings. The predicted octanol–water partition coefficient (Wildman–Crippen LogP) is 4.31. The Morgan fingerprint density at radius 3 is 2.24 bits per heavy atom. The summed E-state index contributed by atoms with van der Waals surface area (Å²) >= 11 is 0. The second kappa shape index (κ2) is 11.7. The predicted molar refractivity (Wildman–Crippen MR) is 137 cm³/mol. The summed E-state index contributed by atoms with van der Waals surface area (Å²) in [4.78, 5) is 36.3. The largest absolute Gasteiger partial charge is 0.493 e. The lowest BCUT2D eigenvalue weighted by Gasteiger charge is -2.12. The molecule has 1 aromatic heterocycles. The number of carbonyl (C=O) groups is 3. The van der Waals surface area contributed by atoms with Gasteiger partial charge in [0.1, 0.15) is 5.82 Å². The first-order valence-electron chi connectivity index (χ1n) is 11.4. The minimum atomic E-state index is -0.741. The van der Waals surface area contributed by atoms with Gasteiger partial charge in [0, 0.05) is 17.2 Å². The van der Waals surface area contributed by atoms with Gasteiger partial charge < -0.3 is 19.5 Å². The van der Waals surface area contributed by atoms with E-state index in [0.717, 1.165) is 11.3 Å². The zero-order valence-corrected chi connectivity index (χ0v) is 20.3. The molecule has 3 aromatic carbocycles. The molecule has 0 saturated carbocycles. The van der Waals surface area contributed by atoms with Crippen molar-refractivity contribution in [3.63, 3.8) is 0 Å². The number of nitrogens with zero attached hydrogens (tertiary/aromatic N) is 2. The van der Waals surface area contributed by atoms with Gasteiger partial charge in [0.15, 0.2) is 30.5 Å². The third-order valence-corrected chi connectivity index (χ3v) is 5.33. The molecule has 0 spiro atoms. The molecule has 4 rings (SSSR count). The van der Waals surface area contributed by atoms with Gasteiger partial charge in [-0.1, -0.05) is 48.5 Å². The molecule has 1 N–H and O–H groups in total. The van der Waals surface area contributed by atoms with Crippen LogP contribution in [0.2, 0.25) is 0 Å². The molecule has 0 saturated heterocycles. The molecular formula is C28H25N3O6. The number of aromatic nitrogens is 2. The summed E-state index contributed by atoms with van der Waals surface area (Å²) in [5.74, 6) is -0.393. The van der Waals surface area contributed by atoms with Gasteiger partial charge in [0.05, 0.1) is 18.5 Å². The fourth-order valence-corrected chi connectivity index (χ4v) is 3.50. The van der Waals surface area contributed by atoms with Crippen LogP contribution in [-0.2, 0) is 14.3 Å². The van der Waals surface area contributed by atoms with E-state index in [1.54, 1.807) is 16.8 Å². The summed E-state index contributed by atoms with van der Waals surface area (Å²) in [5.41, 5.74) is 2.78. The smallest absolute Gasteiger partial charge is 0.344 e. The highest BCUT2D eigenvalue weighted by atomic mass is 16.6. The SMILES string of the molecule is COc1cc(C(C)=O)ccc1OCC(=O)OCC(=O)Nc1cc(-c2ccccc2)nn1-c1ccccc1. The molecule has 0 unspecified atom stereocenters. The molecule has 0 bridgehead atoms. The number of hydrogen-bond donors (Lipinski definition) is 1. The number of para-hydroxylation sites is 1. The van der Waals surface area contributed by atoms with Crippen LogP contribution in [0.4, 0.5) is 5.82 Å². The third kappa shape index (κ3) is 6.40. The Hall–Kier alpha value is -4.92. The number of Topliss-reactive ketones (excluding diaryl/α,β-unsaturated/α-hetero) is 1. The number of hydrogen-bond acceptors (Lipinski definition) is 7. The van der Waals surface area contributed by atoms with Gasteiger partial charge in [-0.3, -0.25) is 9.59 Å². The zero-order valence-electron chi connectivity index (χ0n) is 20.3. The van der Waals surface area contributed by atoms with Crippen LogP contribution in [0.25, 0.3) is 16.9 Å². The summed E-state index contributed by atoms with van der Waals surface area (Å²) in [7, 11) is 1.43. The second-order valence-electron chi connectivity index (χ2n) is 7.95. The summed E-state index contributed by atoms with van der Waals surface area (Å²) in [6, 6.07) is 25.3. The Bertz CT molecular complexity index is 1400. The van der Waals surface area contributed by atoms with E-state index in [2.05, 4.69) is 10.4 Å². The highest BCUT2D eigenvalue weighted by Crippen LogP contribution is 2.28. The van der Waals surface area contributed by atoms with E-state index in [-0.39, 0.29) is 11.5 Å². The molecule has 0 atom stereocenters. The van der Waals surface area contributed by atoms with Crippen LogP contribution in [0.15, 0.2) is 84.9 Å². The van der Waals surface area contributed by atoms with Crippen molar-refractivity contribution in [3.8, 4) is 28.4 Å². The molecule has 0 aliphatic carbocycles. The van der Waals surface area contributed by atoms with Crippen molar-refractivity contribution in [1.29, 1.82) is 0 Å². The topological polar surface area (TPSA) is 109 Å². The summed E-state index contributed by atoms with van der Waals surface area (Å²) in [6.45, 7) is 0.486. The number of amides is 1. The van der Waals surface area contributed by atoms with Crippen LogP contribution in [-0.4, -0.2) is 47.8 Å². The summed E-state index contributed by atoms with van der Waals surface area (Å²) < 4.78 is 17.3. The molecule has 1 heterocycles. The quantitative estimate of drug-likeness (QED) is 0.256. The van der Waals surface area contributed by atoms with Crippen molar-refractivity contribution in [3.05, 3.63) is 90.5 Å². The van der Waals surface area contributed by atoms with Crippen LogP contribution in [0, 0.1) is 0 Å². The molecule has 37 heavy (non-hydrogen) atoms. The Morgan fingerprint density at radius 1 is 0.865 bits per heavy atom. The molecule has 0 aliphatic rings. The van der Waals surface area contributed by atoms with Crippen molar-refractivity contribution < 1.29 is 28.6 Å². The average Bonchev–Trinajstić information content (AvgIpc) is 3.35. The van der Waals surface area contributed by atoms with Crippen molar-refractivity contribution in [2.45, 2.75) is 6.92 Å². The zero-order chi connectivity index (χ0) is 26.2. The molecule has 9 nitrogen and oxygen atoms in total. The summed E-state index contributed by atoms with van der Waals surface area (Å²) in [5, 5.41) is 7.39. The first kappa shape index (κ1) is 25.2. The van der Waals surface area contributed by atoms with E-state index in [1.807, 2.05) is 60.7 Å². The number of rotatable bonds is 10. The number of nitrogens with one attached hydrogen (secondary N) is 1.